The van der Waals surface area contributed by atoms with E-state index in [1.54, 1.807) is 42.5 Å². The number of aromatic nitrogens is 5. The highest BCUT2D eigenvalue weighted by Crippen LogP contribution is 2.34. The van der Waals surface area contributed by atoms with Crippen molar-refractivity contribution in [2.45, 2.75) is 13.5 Å². The Hall–Kier alpha value is -4.66. The van der Waals surface area contributed by atoms with Crippen molar-refractivity contribution in [2.24, 2.45) is 7.05 Å². The molecule has 35 heavy (non-hydrogen) atoms. The first-order chi connectivity index (χ1) is 17.0. The number of pyridine rings is 2. The maximum Gasteiger partial charge on any atom is 0.251 e. The third-order valence-electron chi connectivity index (χ3n) is 5.72. The van der Waals surface area contributed by atoms with E-state index in [1.165, 1.54) is 0 Å². The van der Waals surface area contributed by atoms with E-state index in [9.17, 15) is 4.79 Å². The molecule has 5 aromatic rings. The van der Waals surface area contributed by atoms with Gasteiger partial charge in [0, 0.05) is 54.9 Å². The van der Waals surface area contributed by atoms with Crippen LogP contribution in [-0.4, -0.2) is 37.7 Å². The van der Waals surface area contributed by atoms with Gasteiger partial charge in [0.05, 0.1) is 24.4 Å². The van der Waals surface area contributed by atoms with Crippen LogP contribution in [0.5, 0.6) is 17.4 Å². The van der Waals surface area contributed by atoms with Gasteiger partial charge >= 0.3 is 0 Å². The molecular formula is C26H24N6O3. The number of hydrogen-bond acceptors (Lipinski definition) is 6. The first-order valence-corrected chi connectivity index (χ1v) is 11.0. The number of carbonyl (C=O) groups excluding carboxylic acids is 1. The van der Waals surface area contributed by atoms with E-state index >= 15 is 0 Å². The smallest absolute Gasteiger partial charge is 0.251 e. The molecule has 2 N–H and O–H groups in total. The van der Waals surface area contributed by atoms with Gasteiger partial charge in [0.15, 0.2) is 0 Å². The van der Waals surface area contributed by atoms with Gasteiger partial charge in [-0.25, -0.2) is 9.97 Å². The Morgan fingerprint density at radius 3 is 2.74 bits per heavy atom. The Bertz CT molecular complexity index is 1500. The fraction of sp³-hybridized carbons (Fsp3) is 0.154. The largest absolute Gasteiger partial charge is 0.481 e. The highest BCUT2D eigenvalue weighted by atomic mass is 16.5. The number of fused-ring (bicyclic) bond motifs is 1. The van der Waals surface area contributed by atoms with Crippen LogP contribution in [0.3, 0.4) is 0 Å². The Morgan fingerprint density at radius 2 is 2.00 bits per heavy atom. The average Bonchev–Trinajstić information content (AvgIpc) is 3.51. The highest BCUT2D eigenvalue weighted by Gasteiger charge is 2.15. The van der Waals surface area contributed by atoms with E-state index in [4.69, 9.17) is 9.47 Å². The molecule has 9 heteroatoms. The molecule has 0 saturated carbocycles. The van der Waals surface area contributed by atoms with E-state index < -0.39 is 0 Å². The van der Waals surface area contributed by atoms with Crippen molar-refractivity contribution in [2.75, 3.05) is 7.11 Å². The van der Waals surface area contributed by atoms with Crippen molar-refractivity contribution in [1.82, 2.24) is 30.0 Å². The van der Waals surface area contributed by atoms with Crippen LogP contribution in [0.4, 0.5) is 0 Å². The van der Waals surface area contributed by atoms with Crippen LogP contribution in [-0.2, 0) is 13.6 Å². The molecule has 0 spiro atoms. The maximum absolute atomic E-state index is 12.9. The molecule has 0 radical (unpaired) electrons. The van der Waals surface area contributed by atoms with E-state index in [-0.39, 0.29) is 5.91 Å². The second kappa shape index (κ2) is 9.30. The zero-order valence-corrected chi connectivity index (χ0v) is 19.6. The number of hydrogen-bond donors (Lipinski definition) is 2. The van der Waals surface area contributed by atoms with Gasteiger partial charge in [0.2, 0.25) is 5.88 Å². The van der Waals surface area contributed by atoms with Gasteiger partial charge in [-0.3, -0.25) is 9.48 Å². The Kier molecular flexibility index (Phi) is 5.88. The number of aryl methyl sites for hydroxylation is 1. The molecule has 0 aliphatic rings. The minimum absolute atomic E-state index is 0.191. The first-order valence-electron chi connectivity index (χ1n) is 11.0. The second-order valence-corrected chi connectivity index (χ2v) is 8.08. The van der Waals surface area contributed by atoms with Crippen molar-refractivity contribution in [1.29, 1.82) is 0 Å². The zero-order chi connectivity index (χ0) is 24.4. The average molecular weight is 469 g/mol. The normalized spacial score (nSPS) is 10.9. The second-order valence-electron chi connectivity index (χ2n) is 8.08. The lowest BCUT2D eigenvalue weighted by molar-refractivity contribution is 0.0950. The molecule has 1 amide bonds. The molecule has 176 valence electrons. The van der Waals surface area contributed by atoms with Gasteiger partial charge < -0.3 is 19.8 Å². The molecule has 5 rings (SSSR count). The molecule has 0 aliphatic heterocycles. The minimum atomic E-state index is -0.191. The molecular weight excluding hydrogens is 444 g/mol. The molecule has 0 aliphatic carbocycles. The van der Waals surface area contributed by atoms with Gasteiger partial charge in [0.25, 0.3) is 5.91 Å². The van der Waals surface area contributed by atoms with Gasteiger partial charge in [-0.2, -0.15) is 5.10 Å². The van der Waals surface area contributed by atoms with Crippen LogP contribution >= 0.6 is 0 Å². The quantitative estimate of drug-likeness (QED) is 0.367. The van der Waals surface area contributed by atoms with Crippen LogP contribution in [0.25, 0.3) is 22.3 Å². The molecule has 1 aromatic carbocycles. The van der Waals surface area contributed by atoms with E-state index in [0.717, 1.165) is 27.8 Å². The lowest BCUT2D eigenvalue weighted by Gasteiger charge is -2.13. The van der Waals surface area contributed by atoms with Crippen LogP contribution in [0.2, 0.25) is 0 Å². The number of nitrogens with one attached hydrogen (secondary N) is 2. The van der Waals surface area contributed by atoms with E-state index in [2.05, 4.69) is 25.4 Å². The lowest BCUT2D eigenvalue weighted by Crippen LogP contribution is -2.23. The molecule has 9 nitrogen and oxygen atoms in total. The molecule has 0 atom stereocenters. The predicted molar refractivity (Wildman–Crippen MR) is 132 cm³/mol. The summed E-state index contributed by atoms with van der Waals surface area (Å²) in [5, 5.41) is 8.01. The summed E-state index contributed by atoms with van der Waals surface area (Å²) in [4.78, 5) is 24.8. The van der Waals surface area contributed by atoms with Gasteiger partial charge in [-0.1, -0.05) is 12.1 Å². The van der Waals surface area contributed by atoms with E-state index in [0.29, 0.717) is 35.1 Å². The number of nitrogens with zero attached hydrogens (tertiary/aromatic N) is 4. The number of H-pyrrole nitrogens is 1. The molecule has 0 saturated heterocycles. The van der Waals surface area contributed by atoms with Crippen LogP contribution in [0.1, 0.15) is 21.5 Å². The third-order valence-corrected chi connectivity index (χ3v) is 5.72. The van der Waals surface area contributed by atoms with Crippen LogP contribution < -0.4 is 14.8 Å². The van der Waals surface area contributed by atoms with Crippen molar-refractivity contribution in [3.63, 3.8) is 0 Å². The summed E-state index contributed by atoms with van der Waals surface area (Å²) in [5.74, 6) is 1.58. The van der Waals surface area contributed by atoms with Crippen molar-refractivity contribution in [3.05, 3.63) is 83.9 Å². The third kappa shape index (κ3) is 4.56. The molecule has 0 bridgehead atoms. The minimum Gasteiger partial charge on any atom is -0.481 e. The summed E-state index contributed by atoms with van der Waals surface area (Å²) in [5.41, 5.74) is 4.72. The zero-order valence-electron chi connectivity index (χ0n) is 19.6. The summed E-state index contributed by atoms with van der Waals surface area (Å²) in [6.07, 6.45) is 7.09. The monoisotopic (exact) mass is 468 g/mol. The maximum atomic E-state index is 12.9. The van der Waals surface area contributed by atoms with Gasteiger partial charge in [-0.15, -0.1) is 0 Å². The SMILES string of the molecule is COc1ccc(CNC(=O)c2cccc(Oc3ccnc4[nH]c(-c5cnn(C)c5)cc34)c2C)cn1. The Balaban J connectivity index is 1.36. The lowest BCUT2D eigenvalue weighted by atomic mass is 10.1. The number of benzene rings is 1. The number of ether oxygens (including phenoxy) is 2. The number of aromatic amines is 1. The highest BCUT2D eigenvalue weighted by molar-refractivity contribution is 5.96. The van der Waals surface area contributed by atoms with Crippen molar-refractivity contribution < 1.29 is 14.3 Å². The summed E-state index contributed by atoms with van der Waals surface area (Å²) in [7, 11) is 3.44. The van der Waals surface area contributed by atoms with Crippen molar-refractivity contribution in [3.8, 4) is 28.6 Å². The standard InChI is InChI=1S/C26H24N6O3/c1-16-19(26(33)29-13-17-7-8-24(34-3)28-12-17)5-4-6-22(16)35-23-9-10-27-25-20(23)11-21(31-25)18-14-30-32(2)15-18/h4-12,14-15H,13H2,1-3H3,(H,27,31)(H,29,33). The summed E-state index contributed by atoms with van der Waals surface area (Å²) in [6, 6.07) is 12.9. The number of rotatable bonds is 7. The first kappa shape index (κ1) is 22.1. The van der Waals surface area contributed by atoms with Gasteiger partial charge in [-0.05, 0) is 36.8 Å². The fourth-order valence-electron chi connectivity index (χ4n) is 3.81. The Morgan fingerprint density at radius 1 is 1.11 bits per heavy atom. The number of amides is 1. The van der Waals surface area contributed by atoms with Gasteiger partial charge in [0.1, 0.15) is 17.1 Å². The summed E-state index contributed by atoms with van der Waals surface area (Å²) in [6.45, 7) is 2.22. The number of methoxy groups -OCH3 is 1. The summed E-state index contributed by atoms with van der Waals surface area (Å²) < 4.78 is 13.1. The van der Waals surface area contributed by atoms with E-state index in [1.807, 2.05) is 50.5 Å². The molecule has 0 fully saturated rings. The van der Waals surface area contributed by atoms with Crippen LogP contribution in [0.15, 0.2) is 67.3 Å². The molecule has 0 unspecified atom stereocenters. The van der Waals surface area contributed by atoms with Crippen molar-refractivity contribution >= 4 is 16.9 Å². The van der Waals surface area contributed by atoms with Crippen LogP contribution in [0, 0.1) is 6.92 Å². The molecule has 4 aromatic heterocycles. The predicted octanol–water partition coefficient (Wildman–Crippen LogP) is 4.40. The number of carbonyl (C=O) groups is 1. The topological polar surface area (TPSA) is 107 Å². The summed E-state index contributed by atoms with van der Waals surface area (Å²) >= 11 is 0. The molecule has 4 heterocycles. The Labute approximate surface area is 201 Å². The fourth-order valence-corrected chi connectivity index (χ4v) is 3.81.